The van der Waals surface area contributed by atoms with Crippen LogP contribution in [0.5, 0.6) is 0 Å². The van der Waals surface area contributed by atoms with Crippen molar-refractivity contribution in [2.24, 2.45) is 0 Å². The Balaban J connectivity index is 1.74. The number of nitrogens with one attached hydrogen (secondary N) is 2. The number of benzene rings is 1. The molecule has 0 saturated carbocycles. The molecule has 2 fully saturated rings. The third-order valence-electron chi connectivity index (χ3n) is 5.90. The van der Waals surface area contributed by atoms with Crippen LogP contribution in [0.25, 0.3) is 0 Å². The van der Waals surface area contributed by atoms with E-state index < -0.39 is 10.0 Å². The second kappa shape index (κ2) is 9.57. The number of hydrogen-bond donors (Lipinski definition) is 2. The van der Waals surface area contributed by atoms with Crippen molar-refractivity contribution in [2.75, 3.05) is 31.5 Å². The molecular weight excluding hydrogens is 398 g/mol. The number of likely N-dealkylation sites (tertiary alicyclic amines) is 1. The van der Waals surface area contributed by atoms with Gasteiger partial charge in [0.15, 0.2) is 6.04 Å². The van der Waals surface area contributed by atoms with Gasteiger partial charge in [-0.05, 0) is 63.6 Å². The first-order valence-electron chi connectivity index (χ1n) is 10.3. The Morgan fingerprint density at radius 3 is 2.32 bits per heavy atom. The summed E-state index contributed by atoms with van der Waals surface area (Å²) < 4.78 is 27.4. The number of anilines is 1. The third kappa shape index (κ3) is 5.06. The zero-order valence-electron chi connectivity index (χ0n) is 16.5. The Kier molecular flexibility index (Phi) is 7.36. The van der Waals surface area contributed by atoms with Gasteiger partial charge < -0.3 is 10.2 Å². The number of carbonyl (C=O) groups is 1. The molecule has 8 heteroatoms. The van der Waals surface area contributed by atoms with Crippen LogP contribution in [-0.2, 0) is 14.8 Å². The van der Waals surface area contributed by atoms with E-state index in [1.54, 1.807) is 6.07 Å². The fraction of sp³-hybridized carbons (Fsp3) is 0.650. The van der Waals surface area contributed by atoms with Crippen LogP contribution in [0.1, 0.15) is 51.9 Å². The molecule has 1 aromatic rings. The Labute approximate surface area is 173 Å². The molecule has 2 aliphatic rings. The van der Waals surface area contributed by atoms with Crippen molar-refractivity contribution in [2.45, 2.75) is 62.8 Å². The number of quaternary nitrogens is 1. The van der Waals surface area contributed by atoms with E-state index in [1.165, 1.54) is 34.2 Å². The molecule has 3 rings (SSSR count). The molecule has 0 unspecified atom stereocenters. The molecule has 0 spiro atoms. The van der Waals surface area contributed by atoms with Gasteiger partial charge in [0.25, 0.3) is 5.91 Å². The van der Waals surface area contributed by atoms with Gasteiger partial charge in [0, 0.05) is 13.1 Å². The second-order valence-electron chi connectivity index (χ2n) is 7.89. The summed E-state index contributed by atoms with van der Waals surface area (Å²) in [5.74, 6) is -0.119. The largest absolute Gasteiger partial charge is 0.325 e. The van der Waals surface area contributed by atoms with Gasteiger partial charge in [-0.2, -0.15) is 4.31 Å². The first-order valence-corrected chi connectivity index (χ1v) is 12.2. The molecular formula is C20H31ClN3O3S+. The zero-order valence-corrected chi connectivity index (χ0v) is 18.1. The van der Waals surface area contributed by atoms with Gasteiger partial charge in [0.1, 0.15) is 0 Å². The summed E-state index contributed by atoms with van der Waals surface area (Å²) in [5, 5.41) is 3.22. The molecule has 28 heavy (non-hydrogen) atoms. The smallest absolute Gasteiger partial charge is 0.282 e. The SMILES string of the molecule is C[C@H](C(=O)Nc1cc(S(=O)(=O)N2CCCCC2)ccc1Cl)[NH+]1CCCCCC1. The summed E-state index contributed by atoms with van der Waals surface area (Å²) in [5.41, 5.74) is 0.367. The second-order valence-corrected chi connectivity index (χ2v) is 10.2. The summed E-state index contributed by atoms with van der Waals surface area (Å²) in [6, 6.07) is 4.37. The monoisotopic (exact) mass is 428 g/mol. The van der Waals surface area contributed by atoms with E-state index in [0.717, 1.165) is 45.2 Å². The number of piperidine rings is 1. The Morgan fingerprint density at radius 2 is 1.68 bits per heavy atom. The number of nitrogens with zero attached hydrogens (tertiary/aromatic N) is 1. The number of rotatable bonds is 5. The standard InChI is InChI=1S/C20H30ClN3O3S/c1-16(23-11-5-2-3-6-12-23)20(25)22-19-15-17(9-10-18(19)21)28(26,27)24-13-7-4-8-14-24/h9-10,15-16H,2-8,11-14H2,1H3,(H,22,25)/p+1/t16-/m1/s1. The van der Waals surface area contributed by atoms with E-state index in [1.807, 2.05) is 6.92 Å². The van der Waals surface area contributed by atoms with Crippen molar-refractivity contribution in [3.05, 3.63) is 23.2 Å². The van der Waals surface area contributed by atoms with E-state index in [0.29, 0.717) is 23.8 Å². The number of halogens is 1. The lowest BCUT2D eigenvalue weighted by Gasteiger charge is -2.26. The highest BCUT2D eigenvalue weighted by Gasteiger charge is 2.29. The molecule has 0 bridgehead atoms. The van der Waals surface area contributed by atoms with Crippen molar-refractivity contribution < 1.29 is 18.1 Å². The van der Waals surface area contributed by atoms with Crippen LogP contribution in [0, 0.1) is 0 Å². The number of hydrogen-bond acceptors (Lipinski definition) is 3. The third-order valence-corrected chi connectivity index (χ3v) is 8.12. The minimum Gasteiger partial charge on any atom is -0.325 e. The van der Waals surface area contributed by atoms with Crippen LogP contribution in [0.4, 0.5) is 5.69 Å². The van der Waals surface area contributed by atoms with Crippen LogP contribution >= 0.6 is 11.6 Å². The van der Waals surface area contributed by atoms with Crippen molar-refractivity contribution in [3.8, 4) is 0 Å². The molecule has 156 valence electrons. The molecule has 1 atom stereocenters. The van der Waals surface area contributed by atoms with Gasteiger partial charge in [0.05, 0.1) is 28.7 Å². The zero-order chi connectivity index (χ0) is 20.1. The molecule has 0 radical (unpaired) electrons. The number of amides is 1. The van der Waals surface area contributed by atoms with Crippen LogP contribution in [0.3, 0.4) is 0 Å². The average Bonchev–Trinajstić information content (AvgIpc) is 2.99. The highest BCUT2D eigenvalue weighted by atomic mass is 35.5. The van der Waals surface area contributed by atoms with Crippen LogP contribution in [-0.4, -0.2) is 50.9 Å². The molecule has 0 aromatic heterocycles. The maximum atomic E-state index is 12.9. The van der Waals surface area contributed by atoms with Gasteiger partial charge in [0.2, 0.25) is 10.0 Å². The lowest BCUT2D eigenvalue weighted by Crippen LogP contribution is -3.16. The topological polar surface area (TPSA) is 70.9 Å². The van der Waals surface area contributed by atoms with Gasteiger partial charge in [-0.1, -0.05) is 18.0 Å². The molecule has 0 aliphatic carbocycles. The van der Waals surface area contributed by atoms with E-state index in [9.17, 15) is 13.2 Å². The van der Waals surface area contributed by atoms with Crippen LogP contribution in [0.15, 0.2) is 23.1 Å². The molecule has 6 nitrogen and oxygen atoms in total. The van der Waals surface area contributed by atoms with Crippen LogP contribution < -0.4 is 10.2 Å². The molecule has 1 aromatic carbocycles. The van der Waals surface area contributed by atoms with E-state index >= 15 is 0 Å². The normalized spacial score (nSPS) is 21.1. The molecule has 2 saturated heterocycles. The lowest BCUT2D eigenvalue weighted by molar-refractivity contribution is -0.913. The van der Waals surface area contributed by atoms with Gasteiger partial charge >= 0.3 is 0 Å². The highest BCUT2D eigenvalue weighted by Crippen LogP contribution is 2.28. The van der Waals surface area contributed by atoms with Gasteiger partial charge in [-0.3, -0.25) is 4.79 Å². The van der Waals surface area contributed by atoms with E-state index in [-0.39, 0.29) is 16.8 Å². The lowest BCUT2D eigenvalue weighted by atomic mass is 10.2. The van der Waals surface area contributed by atoms with Crippen LogP contribution in [0.2, 0.25) is 5.02 Å². The van der Waals surface area contributed by atoms with E-state index in [4.69, 9.17) is 11.6 Å². The maximum absolute atomic E-state index is 12.9. The summed E-state index contributed by atoms with van der Waals surface area (Å²) in [6.07, 6.45) is 7.54. The molecule has 1 amide bonds. The minimum atomic E-state index is -3.56. The summed E-state index contributed by atoms with van der Waals surface area (Å²) >= 11 is 6.26. The van der Waals surface area contributed by atoms with Crippen molar-refractivity contribution in [1.29, 1.82) is 0 Å². The average molecular weight is 429 g/mol. The fourth-order valence-electron chi connectivity index (χ4n) is 4.06. The maximum Gasteiger partial charge on any atom is 0.282 e. The quantitative estimate of drug-likeness (QED) is 0.755. The minimum absolute atomic E-state index is 0.119. The highest BCUT2D eigenvalue weighted by molar-refractivity contribution is 7.89. The number of sulfonamides is 1. The number of carbonyl (C=O) groups excluding carboxylic acids is 1. The summed E-state index contributed by atoms with van der Waals surface area (Å²) in [6.45, 7) is 5.00. The summed E-state index contributed by atoms with van der Waals surface area (Å²) in [7, 11) is -3.56. The molecule has 2 N–H and O–H groups in total. The molecule has 2 aliphatic heterocycles. The van der Waals surface area contributed by atoms with E-state index in [2.05, 4.69) is 5.32 Å². The molecule has 2 heterocycles. The first-order chi connectivity index (χ1) is 13.4. The van der Waals surface area contributed by atoms with Crippen molar-refractivity contribution >= 4 is 33.2 Å². The Bertz CT molecular complexity index is 786. The van der Waals surface area contributed by atoms with Crippen molar-refractivity contribution in [1.82, 2.24) is 4.31 Å². The van der Waals surface area contributed by atoms with Crippen molar-refractivity contribution in [3.63, 3.8) is 0 Å². The fourth-order valence-corrected chi connectivity index (χ4v) is 5.77. The first kappa shape index (κ1) is 21.6. The summed E-state index contributed by atoms with van der Waals surface area (Å²) in [4.78, 5) is 14.3. The van der Waals surface area contributed by atoms with Gasteiger partial charge in [-0.25, -0.2) is 8.42 Å². The Hall–Kier alpha value is -1.15. The predicted octanol–water partition coefficient (Wildman–Crippen LogP) is 2.30. The van der Waals surface area contributed by atoms with Gasteiger partial charge in [-0.15, -0.1) is 0 Å². The predicted molar refractivity (Wildman–Crippen MR) is 111 cm³/mol. The Morgan fingerprint density at radius 1 is 1.07 bits per heavy atom.